The van der Waals surface area contributed by atoms with Gasteiger partial charge in [0.15, 0.2) is 0 Å². The van der Waals surface area contributed by atoms with Gasteiger partial charge in [0.05, 0.1) is 12.2 Å². The summed E-state index contributed by atoms with van der Waals surface area (Å²) in [5.41, 5.74) is 3.33. The highest BCUT2D eigenvalue weighted by molar-refractivity contribution is 9.10. The van der Waals surface area contributed by atoms with E-state index in [0.29, 0.717) is 6.54 Å². The molecule has 0 aromatic heterocycles. The normalized spacial score (nSPS) is 10.1. The monoisotopic (exact) mass is 284 g/mol. The van der Waals surface area contributed by atoms with Crippen molar-refractivity contribution in [3.8, 4) is 0 Å². The third-order valence-electron chi connectivity index (χ3n) is 2.35. The number of nitrogens with zero attached hydrogens (tertiary/aromatic N) is 1. The number of carbonyl (C=O) groups is 1. The zero-order chi connectivity index (χ0) is 12.3. The maximum Gasteiger partial charge on any atom is 0.241 e. The first kappa shape index (κ1) is 13.0. The Kier molecular flexibility index (Phi) is 4.35. The first-order valence-corrected chi connectivity index (χ1v) is 5.92. The summed E-state index contributed by atoms with van der Waals surface area (Å²) in [7, 11) is 3.50. The SMILES string of the molecule is Cc1cc(C)c(NCC(=O)N(C)C)c(Br)c1. The predicted molar refractivity (Wildman–Crippen MR) is 70.8 cm³/mol. The van der Waals surface area contributed by atoms with E-state index in [9.17, 15) is 4.79 Å². The molecule has 0 bridgehead atoms. The third-order valence-corrected chi connectivity index (χ3v) is 2.97. The van der Waals surface area contributed by atoms with Gasteiger partial charge in [-0.1, -0.05) is 6.07 Å². The van der Waals surface area contributed by atoms with Crippen LogP contribution in [0, 0.1) is 13.8 Å². The second kappa shape index (κ2) is 5.34. The summed E-state index contributed by atoms with van der Waals surface area (Å²) in [6.07, 6.45) is 0. The van der Waals surface area contributed by atoms with Crippen LogP contribution in [-0.4, -0.2) is 31.4 Å². The first-order chi connectivity index (χ1) is 7.41. The molecule has 0 spiro atoms. The highest BCUT2D eigenvalue weighted by Gasteiger charge is 2.08. The molecule has 0 saturated heterocycles. The van der Waals surface area contributed by atoms with E-state index >= 15 is 0 Å². The molecule has 1 amide bonds. The van der Waals surface area contributed by atoms with Crippen LogP contribution in [0.2, 0.25) is 0 Å². The Morgan fingerprint density at radius 1 is 1.38 bits per heavy atom. The van der Waals surface area contributed by atoms with Crippen molar-refractivity contribution in [2.45, 2.75) is 13.8 Å². The third kappa shape index (κ3) is 3.23. The minimum absolute atomic E-state index is 0.0619. The Morgan fingerprint density at radius 2 is 2.00 bits per heavy atom. The van der Waals surface area contributed by atoms with Crippen molar-refractivity contribution in [2.24, 2.45) is 0 Å². The number of carbonyl (C=O) groups excluding carboxylic acids is 1. The van der Waals surface area contributed by atoms with Crippen LogP contribution in [0.1, 0.15) is 11.1 Å². The van der Waals surface area contributed by atoms with Crippen LogP contribution in [0.15, 0.2) is 16.6 Å². The Morgan fingerprint density at radius 3 is 2.50 bits per heavy atom. The van der Waals surface area contributed by atoms with Crippen LogP contribution in [0.5, 0.6) is 0 Å². The average molecular weight is 285 g/mol. The Bertz CT molecular complexity index is 379. The van der Waals surface area contributed by atoms with E-state index in [-0.39, 0.29) is 5.91 Å². The second-order valence-corrected chi connectivity index (χ2v) is 4.93. The lowest BCUT2D eigenvalue weighted by Crippen LogP contribution is -2.28. The van der Waals surface area contributed by atoms with Gasteiger partial charge in [0.2, 0.25) is 5.91 Å². The van der Waals surface area contributed by atoms with E-state index < -0.39 is 0 Å². The fourth-order valence-corrected chi connectivity index (χ4v) is 2.28. The van der Waals surface area contributed by atoms with E-state index in [1.807, 2.05) is 19.9 Å². The smallest absolute Gasteiger partial charge is 0.241 e. The maximum atomic E-state index is 11.5. The largest absolute Gasteiger partial charge is 0.375 e. The minimum Gasteiger partial charge on any atom is -0.375 e. The summed E-state index contributed by atoms with van der Waals surface area (Å²) in [5.74, 6) is 0.0619. The van der Waals surface area contributed by atoms with Crippen LogP contribution in [0.25, 0.3) is 0 Å². The number of hydrogen-bond acceptors (Lipinski definition) is 2. The van der Waals surface area contributed by atoms with Crippen molar-refractivity contribution in [3.63, 3.8) is 0 Å². The van der Waals surface area contributed by atoms with E-state index in [0.717, 1.165) is 15.7 Å². The van der Waals surface area contributed by atoms with Crippen LogP contribution >= 0.6 is 15.9 Å². The number of likely N-dealkylation sites (N-methyl/N-ethyl adjacent to an activating group) is 1. The zero-order valence-electron chi connectivity index (χ0n) is 10.1. The maximum absolute atomic E-state index is 11.5. The molecule has 16 heavy (non-hydrogen) atoms. The fourth-order valence-electron chi connectivity index (χ4n) is 1.46. The van der Waals surface area contributed by atoms with Crippen LogP contribution in [0.4, 0.5) is 5.69 Å². The number of hydrogen-bond donors (Lipinski definition) is 1. The van der Waals surface area contributed by atoms with Crippen molar-refractivity contribution in [1.82, 2.24) is 4.90 Å². The van der Waals surface area contributed by atoms with Crippen molar-refractivity contribution in [2.75, 3.05) is 26.0 Å². The minimum atomic E-state index is 0.0619. The summed E-state index contributed by atoms with van der Waals surface area (Å²) in [5, 5.41) is 3.15. The summed E-state index contributed by atoms with van der Waals surface area (Å²) in [6, 6.07) is 4.13. The zero-order valence-corrected chi connectivity index (χ0v) is 11.7. The summed E-state index contributed by atoms with van der Waals surface area (Å²) >= 11 is 3.50. The lowest BCUT2D eigenvalue weighted by Gasteiger charge is -2.15. The van der Waals surface area contributed by atoms with Crippen molar-refractivity contribution in [1.29, 1.82) is 0 Å². The molecule has 0 aliphatic heterocycles. The van der Waals surface area contributed by atoms with Gasteiger partial charge >= 0.3 is 0 Å². The molecular weight excluding hydrogens is 268 g/mol. The summed E-state index contributed by atoms with van der Waals surface area (Å²) in [6.45, 7) is 4.39. The molecule has 1 rings (SSSR count). The van der Waals surface area contributed by atoms with E-state index in [1.54, 1.807) is 19.0 Å². The summed E-state index contributed by atoms with van der Waals surface area (Å²) < 4.78 is 0.997. The highest BCUT2D eigenvalue weighted by atomic mass is 79.9. The molecule has 1 N–H and O–H groups in total. The molecular formula is C12H17BrN2O. The average Bonchev–Trinajstić information content (AvgIpc) is 2.15. The molecule has 3 nitrogen and oxygen atoms in total. The molecule has 0 aliphatic carbocycles. The number of aryl methyl sites for hydroxylation is 2. The van der Waals surface area contributed by atoms with Crippen molar-refractivity contribution >= 4 is 27.5 Å². The molecule has 0 heterocycles. The molecule has 88 valence electrons. The van der Waals surface area contributed by atoms with Gasteiger partial charge in [-0.25, -0.2) is 0 Å². The van der Waals surface area contributed by atoms with Gasteiger partial charge in [0.25, 0.3) is 0 Å². The van der Waals surface area contributed by atoms with Gasteiger partial charge < -0.3 is 10.2 Å². The standard InChI is InChI=1S/C12H17BrN2O/c1-8-5-9(2)12(10(13)6-8)14-7-11(16)15(3)4/h5-6,14H,7H2,1-4H3. The Labute approximate surface area is 105 Å². The molecule has 0 saturated carbocycles. The molecule has 0 aliphatic rings. The lowest BCUT2D eigenvalue weighted by molar-refractivity contribution is -0.126. The summed E-state index contributed by atoms with van der Waals surface area (Å²) in [4.78, 5) is 13.0. The van der Waals surface area contributed by atoms with Gasteiger partial charge in [0, 0.05) is 18.6 Å². The quantitative estimate of drug-likeness (QED) is 0.925. The topological polar surface area (TPSA) is 32.3 Å². The second-order valence-electron chi connectivity index (χ2n) is 4.08. The van der Waals surface area contributed by atoms with Gasteiger partial charge in [-0.3, -0.25) is 4.79 Å². The number of anilines is 1. The number of benzene rings is 1. The number of amides is 1. The molecule has 0 fully saturated rings. The number of rotatable bonds is 3. The van der Waals surface area contributed by atoms with Gasteiger partial charge in [0.1, 0.15) is 0 Å². The van der Waals surface area contributed by atoms with Gasteiger partial charge in [-0.2, -0.15) is 0 Å². The van der Waals surface area contributed by atoms with Crippen LogP contribution < -0.4 is 5.32 Å². The molecule has 0 unspecified atom stereocenters. The van der Waals surface area contributed by atoms with Crippen molar-refractivity contribution < 1.29 is 4.79 Å². The van der Waals surface area contributed by atoms with Gasteiger partial charge in [-0.05, 0) is 47.0 Å². The fraction of sp³-hybridized carbons (Fsp3) is 0.417. The number of nitrogens with one attached hydrogen (secondary N) is 1. The van der Waals surface area contributed by atoms with Crippen LogP contribution in [0.3, 0.4) is 0 Å². The van der Waals surface area contributed by atoms with Crippen LogP contribution in [-0.2, 0) is 4.79 Å². The lowest BCUT2D eigenvalue weighted by atomic mass is 10.1. The Balaban J connectivity index is 2.78. The van der Waals surface area contributed by atoms with Crippen molar-refractivity contribution in [3.05, 3.63) is 27.7 Å². The molecule has 0 atom stereocenters. The predicted octanol–water partition coefficient (Wildman–Crippen LogP) is 2.57. The number of halogens is 1. The van der Waals surface area contributed by atoms with E-state index in [1.165, 1.54) is 5.56 Å². The molecule has 1 aromatic carbocycles. The molecule has 4 heteroatoms. The van der Waals surface area contributed by atoms with Gasteiger partial charge in [-0.15, -0.1) is 0 Å². The van der Waals surface area contributed by atoms with E-state index in [2.05, 4.69) is 27.3 Å². The first-order valence-electron chi connectivity index (χ1n) is 5.12. The van der Waals surface area contributed by atoms with E-state index in [4.69, 9.17) is 0 Å². The molecule has 0 radical (unpaired) electrons. The Hall–Kier alpha value is -1.03. The molecule has 1 aromatic rings. The highest BCUT2D eigenvalue weighted by Crippen LogP contribution is 2.27.